The lowest BCUT2D eigenvalue weighted by Crippen LogP contribution is -2.23. The van der Waals surface area contributed by atoms with Crippen molar-refractivity contribution >= 4 is 0 Å². The largest absolute Gasteiger partial charge is 0.345 e. The second kappa shape index (κ2) is 4.62. The van der Waals surface area contributed by atoms with Crippen molar-refractivity contribution in [1.82, 2.24) is 15.3 Å². The fourth-order valence-corrected chi connectivity index (χ4v) is 1.89. The van der Waals surface area contributed by atoms with Crippen LogP contribution in [0.1, 0.15) is 37.5 Å². The van der Waals surface area contributed by atoms with Gasteiger partial charge >= 0.3 is 0 Å². The topological polar surface area (TPSA) is 40.7 Å². The lowest BCUT2D eigenvalue weighted by atomic mass is 10.2. The average Bonchev–Trinajstić information content (AvgIpc) is 2.59. The van der Waals surface area contributed by atoms with Crippen LogP contribution in [0.25, 0.3) is 0 Å². The average molecular weight is 205 g/mol. The SMILES string of the molecule is CC(C)=CCCc1nc2c([nH]1)CNCC2. The van der Waals surface area contributed by atoms with Gasteiger partial charge in [0.25, 0.3) is 0 Å². The van der Waals surface area contributed by atoms with Gasteiger partial charge < -0.3 is 10.3 Å². The highest BCUT2D eigenvalue weighted by Crippen LogP contribution is 2.12. The molecule has 3 nitrogen and oxygen atoms in total. The molecule has 0 spiro atoms. The van der Waals surface area contributed by atoms with Crippen molar-refractivity contribution in [2.24, 2.45) is 0 Å². The summed E-state index contributed by atoms with van der Waals surface area (Å²) >= 11 is 0. The number of hydrogen-bond donors (Lipinski definition) is 2. The van der Waals surface area contributed by atoms with Crippen molar-refractivity contribution in [3.05, 3.63) is 28.9 Å². The van der Waals surface area contributed by atoms with E-state index < -0.39 is 0 Å². The summed E-state index contributed by atoms with van der Waals surface area (Å²) in [6.45, 7) is 6.28. The highest BCUT2D eigenvalue weighted by molar-refractivity contribution is 5.17. The number of hydrogen-bond acceptors (Lipinski definition) is 2. The van der Waals surface area contributed by atoms with Crippen LogP contribution in [0, 0.1) is 0 Å². The van der Waals surface area contributed by atoms with E-state index in [9.17, 15) is 0 Å². The summed E-state index contributed by atoms with van der Waals surface area (Å²) in [5, 5.41) is 3.35. The van der Waals surface area contributed by atoms with E-state index in [1.807, 2.05) is 0 Å². The van der Waals surface area contributed by atoms with Crippen molar-refractivity contribution < 1.29 is 0 Å². The summed E-state index contributed by atoms with van der Waals surface area (Å²) < 4.78 is 0. The minimum absolute atomic E-state index is 0.949. The first kappa shape index (κ1) is 10.4. The summed E-state index contributed by atoms with van der Waals surface area (Å²) in [5.41, 5.74) is 3.93. The van der Waals surface area contributed by atoms with Crippen LogP contribution < -0.4 is 5.32 Å². The van der Waals surface area contributed by atoms with E-state index in [0.29, 0.717) is 0 Å². The number of aromatic amines is 1. The van der Waals surface area contributed by atoms with E-state index in [4.69, 9.17) is 0 Å². The van der Waals surface area contributed by atoms with Gasteiger partial charge in [0.15, 0.2) is 0 Å². The number of rotatable bonds is 3. The van der Waals surface area contributed by atoms with E-state index in [1.54, 1.807) is 0 Å². The van der Waals surface area contributed by atoms with Crippen molar-refractivity contribution in [3.63, 3.8) is 0 Å². The summed E-state index contributed by atoms with van der Waals surface area (Å²) in [6, 6.07) is 0. The van der Waals surface area contributed by atoms with Crippen LogP contribution in [-0.2, 0) is 19.4 Å². The van der Waals surface area contributed by atoms with Gasteiger partial charge in [0.2, 0.25) is 0 Å². The summed E-state index contributed by atoms with van der Waals surface area (Å²) in [6.07, 6.45) is 5.44. The van der Waals surface area contributed by atoms with Gasteiger partial charge in [0.05, 0.1) is 11.4 Å². The standard InChI is InChI=1S/C12H19N3/c1-9(2)4-3-5-12-14-10-6-7-13-8-11(10)15-12/h4,13H,3,5-8H2,1-2H3,(H,14,15). The zero-order chi connectivity index (χ0) is 10.7. The van der Waals surface area contributed by atoms with Gasteiger partial charge in [0.1, 0.15) is 5.82 Å². The molecule has 0 bridgehead atoms. The van der Waals surface area contributed by atoms with Crippen LogP contribution in [0.15, 0.2) is 11.6 Å². The maximum Gasteiger partial charge on any atom is 0.106 e. The molecule has 0 unspecified atom stereocenters. The maximum absolute atomic E-state index is 4.62. The lowest BCUT2D eigenvalue weighted by molar-refractivity contribution is 0.627. The number of nitrogens with one attached hydrogen (secondary N) is 2. The molecule has 82 valence electrons. The Kier molecular flexibility index (Phi) is 3.21. The Morgan fingerprint density at radius 1 is 1.47 bits per heavy atom. The minimum Gasteiger partial charge on any atom is -0.345 e. The lowest BCUT2D eigenvalue weighted by Gasteiger charge is -2.09. The van der Waals surface area contributed by atoms with Crippen LogP contribution in [0.2, 0.25) is 0 Å². The second-order valence-corrected chi connectivity index (χ2v) is 4.36. The third-order valence-corrected chi connectivity index (χ3v) is 2.69. The quantitative estimate of drug-likeness (QED) is 0.740. The van der Waals surface area contributed by atoms with Gasteiger partial charge in [-0.05, 0) is 20.3 Å². The highest BCUT2D eigenvalue weighted by atomic mass is 15.0. The van der Waals surface area contributed by atoms with Crippen LogP contribution >= 0.6 is 0 Å². The first-order chi connectivity index (χ1) is 7.25. The Hall–Kier alpha value is -1.09. The predicted molar refractivity (Wildman–Crippen MR) is 61.8 cm³/mol. The Labute approximate surface area is 91.0 Å². The molecule has 15 heavy (non-hydrogen) atoms. The van der Waals surface area contributed by atoms with E-state index in [-0.39, 0.29) is 0 Å². The summed E-state index contributed by atoms with van der Waals surface area (Å²) in [7, 11) is 0. The van der Waals surface area contributed by atoms with Gasteiger partial charge in [0, 0.05) is 25.9 Å². The zero-order valence-electron chi connectivity index (χ0n) is 9.56. The minimum atomic E-state index is 0.949. The fraction of sp³-hybridized carbons (Fsp3) is 0.583. The van der Waals surface area contributed by atoms with Crippen LogP contribution in [0.4, 0.5) is 0 Å². The Balaban J connectivity index is 1.97. The molecule has 0 radical (unpaired) electrons. The number of nitrogens with zero attached hydrogens (tertiary/aromatic N) is 1. The Morgan fingerprint density at radius 3 is 3.07 bits per heavy atom. The maximum atomic E-state index is 4.62. The van der Waals surface area contributed by atoms with Gasteiger partial charge in [-0.3, -0.25) is 0 Å². The number of allylic oxidation sites excluding steroid dienone is 2. The smallest absolute Gasteiger partial charge is 0.106 e. The molecule has 2 N–H and O–H groups in total. The summed E-state index contributed by atoms with van der Waals surface area (Å²) in [5.74, 6) is 1.14. The van der Waals surface area contributed by atoms with Crippen LogP contribution in [0.3, 0.4) is 0 Å². The van der Waals surface area contributed by atoms with E-state index in [2.05, 4.69) is 35.2 Å². The fourth-order valence-electron chi connectivity index (χ4n) is 1.89. The molecule has 1 aliphatic heterocycles. The van der Waals surface area contributed by atoms with Gasteiger partial charge in [-0.15, -0.1) is 0 Å². The van der Waals surface area contributed by atoms with Gasteiger partial charge in [-0.2, -0.15) is 0 Å². The molecule has 2 heterocycles. The van der Waals surface area contributed by atoms with Crippen LogP contribution in [-0.4, -0.2) is 16.5 Å². The molecule has 1 aromatic rings. The zero-order valence-corrected chi connectivity index (χ0v) is 9.56. The molecule has 0 atom stereocenters. The monoisotopic (exact) mass is 205 g/mol. The molecule has 0 amide bonds. The molecular weight excluding hydrogens is 186 g/mol. The predicted octanol–water partition coefficient (Wildman–Crippen LogP) is 1.95. The van der Waals surface area contributed by atoms with Crippen molar-refractivity contribution in [2.75, 3.05) is 6.54 Å². The van der Waals surface area contributed by atoms with Crippen molar-refractivity contribution in [2.45, 2.75) is 39.7 Å². The highest BCUT2D eigenvalue weighted by Gasteiger charge is 2.12. The van der Waals surface area contributed by atoms with Crippen molar-refractivity contribution in [1.29, 1.82) is 0 Å². The Bertz CT molecular complexity index is 335. The van der Waals surface area contributed by atoms with Crippen LogP contribution in [0.5, 0.6) is 0 Å². The molecule has 0 aromatic carbocycles. The Morgan fingerprint density at radius 2 is 2.33 bits per heavy atom. The first-order valence-electron chi connectivity index (χ1n) is 5.66. The van der Waals surface area contributed by atoms with Gasteiger partial charge in [-0.1, -0.05) is 11.6 Å². The molecule has 3 heteroatoms. The molecule has 2 rings (SSSR count). The third kappa shape index (κ3) is 2.69. The molecule has 0 aliphatic carbocycles. The number of aromatic nitrogens is 2. The first-order valence-corrected chi connectivity index (χ1v) is 5.66. The van der Waals surface area contributed by atoms with E-state index in [1.165, 1.54) is 17.0 Å². The number of fused-ring (bicyclic) bond motifs is 1. The van der Waals surface area contributed by atoms with E-state index in [0.717, 1.165) is 38.2 Å². The third-order valence-electron chi connectivity index (χ3n) is 2.69. The second-order valence-electron chi connectivity index (χ2n) is 4.36. The normalized spacial score (nSPS) is 14.8. The number of imidazole rings is 1. The molecular formula is C12H19N3. The van der Waals surface area contributed by atoms with Gasteiger partial charge in [-0.25, -0.2) is 4.98 Å². The van der Waals surface area contributed by atoms with E-state index >= 15 is 0 Å². The number of aryl methyl sites for hydroxylation is 1. The summed E-state index contributed by atoms with van der Waals surface area (Å²) in [4.78, 5) is 8.03. The molecule has 1 aliphatic rings. The number of H-pyrrole nitrogens is 1. The molecule has 1 aromatic heterocycles. The van der Waals surface area contributed by atoms with Crippen molar-refractivity contribution in [3.8, 4) is 0 Å². The molecule has 0 saturated carbocycles. The molecule has 0 saturated heterocycles. The molecule has 0 fully saturated rings.